The average molecular weight is 343 g/mol. The highest BCUT2D eigenvalue weighted by Crippen LogP contribution is 2.42. The highest BCUT2D eigenvalue weighted by atomic mass is 32.1. The number of nitro groups is 1. The number of carboxylic acid groups (broad SMARTS) is 1. The van der Waals surface area contributed by atoms with Crippen molar-refractivity contribution in [1.29, 1.82) is 0 Å². The number of carboxylic acids is 1. The number of aromatic carboxylic acids is 1. The molecule has 0 aliphatic heterocycles. The molecule has 1 fully saturated rings. The second-order valence-corrected chi connectivity index (χ2v) is 6.88. The Morgan fingerprint density at radius 3 is 2.79 bits per heavy atom. The van der Waals surface area contributed by atoms with E-state index >= 15 is 0 Å². The Hall–Kier alpha value is -2.74. The third-order valence-corrected chi connectivity index (χ3v) is 5.38. The molecule has 2 aromatic heterocycles. The van der Waals surface area contributed by atoms with Crippen LogP contribution in [0.4, 0.5) is 5.69 Å². The predicted molar refractivity (Wildman–Crippen MR) is 89.7 cm³/mol. The first-order valence-electron chi connectivity index (χ1n) is 7.46. The summed E-state index contributed by atoms with van der Waals surface area (Å²) < 4.78 is 1.97. The molecule has 0 saturated heterocycles. The second kappa shape index (κ2) is 5.13. The van der Waals surface area contributed by atoms with Crippen molar-refractivity contribution in [3.8, 4) is 10.6 Å². The van der Waals surface area contributed by atoms with Crippen LogP contribution in [0.3, 0.4) is 0 Å². The van der Waals surface area contributed by atoms with Gasteiger partial charge in [-0.2, -0.15) is 0 Å². The first-order valence-corrected chi connectivity index (χ1v) is 8.27. The molecule has 1 aliphatic carbocycles. The molecule has 1 saturated carbocycles. The molecular formula is C16H13N3O4S. The lowest BCUT2D eigenvalue weighted by Crippen LogP contribution is -1.94. The highest BCUT2D eigenvalue weighted by Gasteiger charge is 2.29. The number of aryl methyl sites for hydroxylation is 1. The van der Waals surface area contributed by atoms with Crippen LogP contribution in [-0.2, 0) is 0 Å². The number of hydrogen-bond donors (Lipinski definition) is 1. The molecule has 0 spiro atoms. The molecule has 0 amide bonds. The predicted octanol–water partition coefficient (Wildman–Crippen LogP) is 4.01. The molecule has 2 heterocycles. The van der Waals surface area contributed by atoms with Gasteiger partial charge in [0.1, 0.15) is 9.88 Å². The van der Waals surface area contributed by atoms with Crippen molar-refractivity contribution in [1.82, 2.24) is 9.55 Å². The SMILES string of the molecule is Cc1nc(-c2ccc3c(c2)c([N+](=O)[O-])cn3C2CC2)sc1C(=O)O. The van der Waals surface area contributed by atoms with Gasteiger partial charge in [-0.15, -0.1) is 11.3 Å². The summed E-state index contributed by atoms with van der Waals surface area (Å²) in [7, 11) is 0. The summed E-state index contributed by atoms with van der Waals surface area (Å²) in [5.41, 5.74) is 2.05. The van der Waals surface area contributed by atoms with Crippen LogP contribution in [0.2, 0.25) is 0 Å². The normalized spacial score (nSPS) is 14.2. The first kappa shape index (κ1) is 14.8. The molecule has 0 radical (unpaired) electrons. The number of thiazole rings is 1. The van der Waals surface area contributed by atoms with E-state index in [0.717, 1.165) is 29.7 Å². The third-order valence-electron chi connectivity index (χ3n) is 4.19. The minimum Gasteiger partial charge on any atom is -0.477 e. The Bertz CT molecular complexity index is 1000. The van der Waals surface area contributed by atoms with Gasteiger partial charge in [0, 0.05) is 11.6 Å². The molecule has 0 atom stereocenters. The van der Waals surface area contributed by atoms with E-state index in [9.17, 15) is 14.9 Å². The number of aromatic nitrogens is 2. The summed E-state index contributed by atoms with van der Waals surface area (Å²) in [6.45, 7) is 1.65. The second-order valence-electron chi connectivity index (χ2n) is 5.88. The summed E-state index contributed by atoms with van der Waals surface area (Å²) in [4.78, 5) is 26.7. The van der Waals surface area contributed by atoms with E-state index in [1.807, 2.05) is 16.7 Å². The van der Waals surface area contributed by atoms with Crippen molar-refractivity contribution in [2.75, 3.05) is 0 Å². The number of carbonyl (C=O) groups is 1. The molecular weight excluding hydrogens is 330 g/mol. The van der Waals surface area contributed by atoms with E-state index in [4.69, 9.17) is 5.11 Å². The minimum absolute atomic E-state index is 0.0745. The summed E-state index contributed by atoms with van der Waals surface area (Å²) in [5, 5.41) is 21.7. The maximum Gasteiger partial charge on any atom is 0.347 e. The average Bonchev–Trinajstić information content (AvgIpc) is 3.18. The molecule has 3 aromatic rings. The Morgan fingerprint density at radius 1 is 1.46 bits per heavy atom. The fourth-order valence-corrected chi connectivity index (χ4v) is 3.79. The minimum atomic E-state index is -1.01. The van der Waals surface area contributed by atoms with Crippen LogP contribution in [-0.4, -0.2) is 25.6 Å². The van der Waals surface area contributed by atoms with Crippen LogP contribution >= 0.6 is 11.3 Å². The van der Waals surface area contributed by atoms with Crippen molar-refractivity contribution in [2.45, 2.75) is 25.8 Å². The van der Waals surface area contributed by atoms with Gasteiger partial charge in [0.2, 0.25) is 0 Å². The Labute approximate surface area is 140 Å². The van der Waals surface area contributed by atoms with E-state index in [1.165, 1.54) is 0 Å². The number of hydrogen-bond acceptors (Lipinski definition) is 5. The fraction of sp³-hybridized carbons (Fsp3) is 0.250. The Kier molecular flexibility index (Phi) is 3.17. The van der Waals surface area contributed by atoms with Crippen LogP contribution in [0, 0.1) is 17.0 Å². The van der Waals surface area contributed by atoms with Gasteiger partial charge in [0.05, 0.1) is 27.7 Å². The monoisotopic (exact) mass is 343 g/mol. The third kappa shape index (κ3) is 2.26. The fourth-order valence-electron chi connectivity index (χ4n) is 2.89. The zero-order valence-corrected chi connectivity index (χ0v) is 13.5. The van der Waals surface area contributed by atoms with Crippen LogP contribution in [0.15, 0.2) is 24.4 Å². The highest BCUT2D eigenvalue weighted by molar-refractivity contribution is 7.17. The summed E-state index contributed by atoms with van der Waals surface area (Å²) >= 11 is 1.08. The molecule has 0 unspecified atom stereocenters. The van der Waals surface area contributed by atoms with E-state index in [-0.39, 0.29) is 15.5 Å². The summed E-state index contributed by atoms with van der Waals surface area (Å²) in [6, 6.07) is 5.77. The van der Waals surface area contributed by atoms with Gasteiger partial charge in [0.25, 0.3) is 5.69 Å². The number of fused-ring (bicyclic) bond motifs is 1. The van der Waals surface area contributed by atoms with Gasteiger partial charge in [-0.3, -0.25) is 10.1 Å². The van der Waals surface area contributed by atoms with Gasteiger partial charge in [-0.25, -0.2) is 9.78 Å². The molecule has 24 heavy (non-hydrogen) atoms. The summed E-state index contributed by atoms with van der Waals surface area (Å²) in [5.74, 6) is -1.01. The van der Waals surface area contributed by atoms with Gasteiger partial charge >= 0.3 is 5.97 Å². The van der Waals surface area contributed by atoms with Gasteiger partial charge in [-0.05, 0) is 38.0 Å². The van der Waals surface area contributed by atoms with Crippen molar-refractivity contribution in [3.63, 3.8) is 0 Å². The quantitative estimate of drug-likeness (QED) is 0.570. The largest absolute Gasteiger partial charge is 0.477 e. The van der Waals surface area contributed by atoms with Crippen LogP contribution in [0.25, 0.3) is 21.5 Å². The van der Waals surface area contributed by atoms with E-state index < -0.39 is 5.97 Å². The topological polar surface area (TPSA) is 98.3 Å². The lowest BCUT2D eigenvalue weighted by molar-refractivity contribution is -0.383. The number of benzene rings is 1. The Balaban J connectivity index is 1.89. The Morgan fingerprint density at radius 2 is 2.21 bits per heavy atom. The maximum atomic E-state index is 11.4. The molecule has 1 aliphatic rings. The van der Waals surface area contributed by atoms with Crippen molar-refractivity contribution in [3.05, 3.63) is 45.1 Å². The molecule has 122 valence electrons. The first-order chi connectivity index (χ1) is 11.5. The van der Waals surface area contributed by atoms with Crippen molar-refractivity contribution >= 4 is 33.9 Å². The number of nitrogens with zero attached hydrogens (tertiary/aromatic N) is 3. The van der Waals surface area contributed by atoms with E-state index in [2.05, 4.69) is 4.98 Å². The molecule has 7 nitrogen and oxygen atoms in total. The lowest BCUT2D eigenvalue weighted by atomic mass is 10.1. The maximum absolute atomic E-state index is 11.4. The molecule has 4 rings (SSSR count). The van der Waals surface area contributed by atoms with E-state index in [1.54, 1.807) is 19.2 Å². The molecule has 1 aromatic carbocycles. The van der Waals surface area contributed by atoms with Crippen LogP contribution in [0.5, 0.6) is 0 Å². The molecule has 0 bridgehead atoms. The smallest absolute Gasteiger partial charge is 0.347 e. The number of rotatable bonds is 4. The van der Waals surface area contributed by atoms with Crippen LogP contribution < -0.4 is 0 Å². The summed E-state index contributed by atoms with van der Waals surface area (Å²) in [6.07, 6.45) is 3.68. The lowest BCUT2D eigenvalue weighted by Gasteiger charge is -2.02. The molecule has 1 N–H and O–H groups in total. The van der Waals surface area contributed by atoms with Gasteiger partial charge in [-0.1, -0.05) is 0 Å². The zero-order valence-electron chi connectivity index (χ0n) is 12.7. The van der Waals surface area contributed by atoms with Gasteiger partial charge < -0.3 is 9.67 Å². The van der Waals surface area contributed by atoms with Crippen LogP contribution in [0.1, 0.15) is 34.2 Å². The van der Waals surface area contributed by atoms with E-state index in [0.29, 0.717) is 27.7 Å². The standard InChI is InChI=1S/C16H13N3O4S/c1-8-14(16(20)21)24-15(17-8)9-2-5-12-11(6-9)13(19(22)23)7-18(12)10-3-4-10/h2,5-7,10H,3-4H2,1H3,(H,20,21). The van der Waals surface area contributed by atoms with Gasteiger partial charge in [0.15, 0.2) is 0 Å². The zero-order chi connectivity index (χ0) is 17.0. The molecule has 8 heteroatoms. The van der Waals surface area contributed by atoms with Crippen molar-refractivity contribution < 1.29 is 14.8 Å². The van der Waals surface area contributed by atoms with Crippen molar-refractivity contribution in [2.24, 2.45) is 0 Å².